The average molecular weight is 314 g/mol. The number of nitrogens with two attached hydrogens (primary N) is 1. The Bertz CT molecular complexity index is 409. The molecule has 4 atom stereocenters. The fourth-order valence-corrected chi connectivity index (χ4v) is 3.69. The number of hydrogen-bond acceptors (Lipinski definition) is 2. The topological polar surface area (TPSA) is 38.0 Å². The predicted octanol–water partition coefficient (Wildman–Crippen LogP) is 4.29. The third-order valence-electron chi connectivity index (χ3n) is 5.15. The fourth-order valence-electron chi connectivity index (χ4n) is 3.69. The standard InChI is InChI=1S/C19H29N2.2CH2/c20-19(14-21-16-11-7-2-1-3-8-12-16)18-13-17(18)15-9-5-4-6-10-15;;/h4-6,9-11,16-19,21H,1-3,7-8,12-14,20H2;2*1H2. The van der Waals surface area contributed by atoms with Crippen molar-refractivity contribution in [2.45, 2.75) is 62.9 Å². The molecule has 2 heteroatoms. The van der Waals surface area contributed by atoms with Crippen LogP contribution in [0.15, 0.2) is 30.3 Å². The Hall–Kier alpha value is -0.860. The first-order valence-corrected chi connectivity index (χ1v) is 8.72. The molecule has 3 rings (SSSR count). The molecular weight excluding hydrogens is 280 g/mol. The van der Waals surface area contributed by atoms with Crippen LogP contribution in [0.2, 0.25) is 0 Å². The van der Waals surface area contributed by atoms with Gasteiger partial charge in [-0.25, -0.2) is 0 Å². The van der Waals surface area contributed by atoms with Crippen LogP contribution in [-0.2, 0) is 0 Å². The summed E-state index contributed by atoms with van der Waals surface area (Å²) < 4.78 is 0. The SMILES string of the molecule is NC(CNC1[CH]CCCCCC1)C1CC1c1ccccc1.[CH2].[CH2]. The van der Waals surface area contributed by atoms with Gasteiger partial charge in [0.25, 0.3) is 0 Å². The predicted molar refractivity (Wildman–Crippen MR) is 99.8 cm³/mol. The summed E-state index contributed by atoms with van der Waals surface area (Å²) in [6.45, 7) is 0.967. The number of benzene rings is 1. The van der Waals surface area contributed by atoms with Crippen molar-refractivity contribution in [2.75, 3.05) is 6.54 Å². The molecular formula is C21H33N2. The highest BCUT2D eigenvalue weighted by Gasteiger charge is 2.42. The normalized spacial score (nSPS) is 26.1. The van der Waals surface area contributed by atoms with Crippen LogP contribution in [0.5, 0.6) is 0 Å². The van der Waals surface area contributed by atoms with Crippen LogP contribution in [-0.4, -0.2) is 18.6 Å². The molecule has 0 heterocycles. The van der Waals surface area contributed by atoms with Crippen LogP contribution in [0.1, 0.15) is 56.4 Å². The van der Waals surface area contributed by atoms with Crippen molar-refractivity contribution < 1.29 is 0 Å². The van der Waals surface area contributed by atoms with Crippen molar-refractivity contribution in [2.24, 2.45) is 11.7 Å². The van der Waals surface area contributed by atoms with Crippen molar-refractivity contribution in [1.29, 1.82) is 0 Å². The molecule has 1 aromatic rings. The first-order valence-electron chi connectivity index (χ1n) is 8.72. The Kier molecular flexibility index (Phi) is 8.86. The van der Waals surface area contributed by atoms with Crippen molar-refractivity contribution in [3.63, 3.8) is 0 Å². The van der Waals surface area contributed by atoms with E-state index in [1.165, 1.54) is 50.5 Å². The Morgan fingerprint density at radius 2 is 1.78 bits per heavy atom. The Labute approximate surface area is 144 Å². The van der Waals surface area contributed by atoms with Crippen LogP contribution in [0, 0.1) is 27.2 Å². The molecule has 2 fully saturated rings. The van der Waals surface area contributed by atoms with Gasteiger partial charge in [-0.3, -0.25) is 0 Å². The molecule has 0 spiro atoms. The Morgan fingerprint density at radius 1 is 1.04 bits per heavy atom. The maximum atomic E-state index is 6.42. The molecule has 0 amide bonds. The van der Waals surface area contributed by atoms with Gasteiger partial charge in [-0.1, -0.05) is 70.9 Å². The molecule has 0 aromatic heterocycles. The summed E-state index contributed by atoms with van der Waals surface area (Å²) in [6, 6.07) is 11.7. The van der Waals surface area contributed by atoms with E-state index in [1.54, 1.807) is 0 Å². The van der Waals surface area contributed by atoms with E-state index in [4.69, 9.17) is 5.73 Å². The lowest BCUT2D eigenvalue weighted by Crippen LogP contribution is -2.41. The zero-order valence-electron chi connectivity index (χ0n) is 14.4. The highest BCUT2D eigenvalue weighted by molar-refractivity contribution is 5.26. The summed E-state index contributed by atoms with van der Waals surface area (Å²) in [5.41, 5.74) is 7.89. The zero-order chi connectivity index (χ0) is 14.5. The molecule has 4 unspecified atom stereocenters. The minimum atomic E-state index is 0. The number of rotatable bonds is 5. The van der Waals surface area contributed by atoms with E-state index >= 15 is 0 Å². The van der Waals surface area contributed by atoms with Gasteiger partial charge in [0.15, 0.2) is 0 Å². The molecule has 3 N–H and O–H groups in total. The van der Waals surface area contributed by atoms with Crippen molar-refractivity contribution in [1.82, 2.24) is 5.32 Å². The van der Waals surface area contributed by atoms with Gasteiger partial charge in [-0.15, -0.1) is 0 Å². The molecule has 1 aromatic carbocycles. The molecule has 2 nitrogen and oxygen atoms in total. The zero-order valence-corrected chi connectivity index (χ0v) is 14.4. The van der Waals surface area contributed by atoms with E-state index in [2.05, 4.69) is 42.1 Å². The van der Waals surface area contributed by atoms with Crippen molar-refractivity contribution in [3.8, 4) is 0 Å². The van der Waals surface area contributed by atoms with E-state index in [-0.39, 0.29) is 14.9 Å². The van der Waals surface area contributed by atoms with Crippen molar-refractivity contribution >= 4 is 0 Å². The molecule has 0 aliphatic heterocycles. The Morgan fingerprint density at radius 3 is 2.57 bits per heavy atom. The lowest BCUT2D eigenvalue weighted by atomic mass is 9.96. The largest absolute Gasteiger partial charge is 0.326 e. The smallest absolute Gasteiger partial charge is 0.0200 e. The molecule has 0 bridgehead atoms. The summed E-state index contributed by atoms with van der Waals surface area (Å²) in [5, 5.41) is 3.70. The van der Waals surface area contributed by atoms with Crippen molar-refractivity contribution in [3.05, 3.63) is 57.2 Å². The second-order valence-electron chi connectivity index (χ2n) is 6.82. The van der Waals surface area contributed by atoms with Crippen LogP contribution in [0.3, 0.4) is 0 Å². The van der Waals surface area contributed by atoms with E-state index in [0.29, 0.717) is 23.9 Å². The first kappa shape index (κ1) is 20.2. The van der Waals surface area contributed by atoms with E-state index < -0.39 is 0 Å². The van der Waals surface area contributed by atoms with E-state index in [1.807, 2.05) is 0 Å². The summed E-state index contributed by atoms with van der Waals surface area (Å²) >= 11 is 0. The van der Waals surface area contributed by atoms with Gasteiger partial charge in [-0.05, 0) is 43.1 Å². The monoisotopic (exact) mass is 313 g/mol. The molecule has 2 saturated carbocycles. The lowest BCUT2D eigenvalue weighted by molar-refractivity contribution is 0.425. The third-order valence-corrected chi connectivity index (χ3v) is 5.15. The van der Waals surface area contributed by atoms with Gasteiger partial charge >= 0.3 is 0 Å². The molecule has 2 aliphatic carbocycles. The van der Waals surface area contributed by atoms with Gasteiger partial charge in [-0.2, -0.15) is 0 Å². The minimum absolute atomic E-state index is 0. The highest BCUT2D eigenvalue weighted by atomic mass is 14.9. The van der Waals surface area contributed by atoms with Crippen LogP contribution in [0.4, 0.5) is 0 Å². The maximum Gasteiger partial charge on any atom is 0.0200 e. The Balaban J connectivity index is 0.00000132. The fraction of sp³-hybridized carbons (Fsp3) is 0.571. The maximum absolute atomic E-state index is 6.42. The minimum Gasteiger partial charge on any atom is -0.326 e. The number of hydrogen-bond donors (Lipinski definition) is 2. The van der Waals surface area contributed by atoms with Gasteiger partial charge in [0, 0.05) is 18.6 Å². The van der Waals surface area contributed by atoms with Crippen LogP contribution in [0.25, 0.3) is 0 Å². The highest BCUT2D eigenvalue weighted by Crippen LogP contribution is 2.48. The first-order chi connectivity index (χ1) is 10.3. The second-order valence-corrected chi connectivity index (χ2v) is 6.82. The van der Waals surface area contributed by atoms with Gasteiger partial charge < -0.3 is 11.1 Å². The summed E-state index contributed by atoms with van der Waals surface area (Å²) in [6.07, 6.45) is 11.8. The van der Waals surface area contributed by atoms with Crippen LogP contribution >= 0.6 is 0 Å². The third kappa shape index (κ3) is 5.93. The van der Waals surface area contributed by atoms with Gasteiger partial charge in [0.1, 0.15) is 0 Å². The molecule has 2 aliphatic rings. The molecule has 0 saturated heterocycles. The van der Waals surface area contributed by atoms with Crippen LogP contribution < -0.4 is 11.1 Å². The van der Waals surface area contributed by atoms with Gasteiger partial charge in [0.05, 0.1) is 0 Å². The van der Waals surface area contributed by atoms with E-state index in [9.17, 15) is 0 Å². The van der Waals surface area contributed by atoms with E-state index in [0.717, 1.165) is 6.54 Å². The lowest BCUT2D eigenvalue weighted by Gasteiger charge is -2.23. The number of nitrogens with one attached hydrogen (secondary N) is 1. The summed E-state index contributed by atoms with van der Waals surface area (Å²) in [7, 11) is 0. The molecule has 23 heavy (non-hydrogen) atoms. The van der Waals surface area contributed by atoms with Gasteiger partial charge in [0.2, 0.25) is 0 Å². The summed E-state index contributed by atoms with van der Waals surface area (Å²) in [5.74, 6) is 1.37. The summed E-state index contributed by atoms with van der Waals surface area (Å²) in [4.78, 5) is 0. The second kappa shape index (κ2) is 10.1. The molecule has 5 radical (unpaired) electrons. The average Bonchev–Trinajstić information content (AvgIpc) is 3.27. The molecule has 127 valence electrons. The quantitative estimate of drug-likeness (QED) is 0.851.